The Hall–Kier alpha value is -1.03. The van der Waals surface area contributed by atoms with E-state index in [-0.39, 0.29) is 0 Å². The van der Waals surface area contributed by atoms with E-state index in [9.17, 15) is 0 Å². The second-order valence-corrected chi connectivity index (χ2v) is 8.30. The zero-order valence-electron chi connectivity index (χ0n) is 16.3. The fraction of sp³-hybridized carbons (Fsp3) is 0.500. The van der Waals surface area contributed by atoms with Crippen molar-refractivity contribution in [3.05, 3.63) is 65.7 Å². The van der Waals surface area contributed by atoms with Gasteiger partial charge < -0.3 is 4.74 Å². The van der Waals surface area contributed by atoms with Crippen molar-refractivity contribution in [3.8, 4) is 5.75 Å². The van der Waals surface area contributed by atoms with E-state index >= 15 is 0 Å². The van der Waals surface area contributed by atoms with Gasteiger partial charge in [-0.2, -0.15) is 0 Å². The molecule has 2 heteroatoms. The van der Waals surface area contributed by atoms with Crippen molar-refractivity contribution in [2.75, 3.05) is 4.43 Å². The molecule has 2 aromatic carbocycles. The molecule has 2 aromatic rings. The molecule has 2 unspecified atom stereocenters. The fourth-order valence-electron chi connectivity index (χ4n) is 3.12. The van der Waals surface area contributed by atoms with E-state index in [2.05, 4.69) is 72.8 Å². The van der Waals surface area contributed by atoms with Gasteiger partial charge in [0.2, 0.25) is 0 Å². The number of benzene rings is 2. The molecule has 0 aliphatic heterocycles. The van der Waals surface area contributed by atoms with Crippen LogP contribution in [0.3, 0.4) is 0 Å². The van der Waals surface area contributed by atoms with Gasteiger partial charge in [-0.1, -0.05) is 98.2 Å². The molecule has 2 atom stereocenters. The number of hydrogen-bond acceptors (Lipinski definition) is 1. The molecule has 0 aliphatic rings. The third kappa shape index (κ3) is 8.11. The monoisotopic (exact) mass is 464 g/mol. The largest absolute Gasteiger partial charge is 0.489 e. The summed E-state index contributed by atoms with van der Waals surface area (Å²) in [5.41, 5.74) is 2.63. The Morgan fingerprint density at radius 2 is 1.62 bits per heavy atom. The van der Waals surface area contributed by atoms with Crippen molar-refractivity contribution in [2.45, 2.75) is 59.0 Å². The van der Waals surface area contributed by atoms with E-state index in [0.29, 0.717) is 6.61 Å². The topological polar surface area (TPSA) is 9.23 Å². The van der Waals surface area contributed by atoms with Gasteiger partial charge in [0.25, 0.3) is 0 Å². The third-order valence-electron chi connectivity index (χ3n) is 5.24. The Morgan fingerprint density at radius 3 is 2.27 bits per heavy atom. The second-order valence-electron chi connectivity index (χ2n) is 7.42. The Morgan fingerprint density at radius 1 is 0.885 bits per heavy atom. The smallest absolute Gasteiger partial charge is 0.119 e. The third-order valence-corrected chi connectivity index (χ3v) is 6.48. The van der Waals surface area contributed by atoms with E-state index in [1.165, 1.54) is 54.1 Å². The molecular weight excluding hydrogens is 431 g/mol. The molecule has 0 amide bonds. The Kier molecular flexibility index (Phi) is 10.1. The first-order chi connectivity index (χ1) is 12.7. The van der Waals surface area contributed by atoms with E-state index < -0.39 is 0 Å². The normalized spacial score (nSPS) is 13.3. The van der Waals surface area contributed by atoms with Crippen molar-refractivity contribution in [2.24, 2.45) is 11.8 Å². The maximum Gasteiger partial charge on any atom is 0.119 e. The predicted octanol–water partition coefficient (Wildman–Crippen LogP) is 7.47. The highest BCUT2D eigenvalue weighted by molar-refractivity contribution is 14.1. The maximum absolute atomic E-state index is 5.88. The van der Waals surface area contributed by atoms with Crippen LogP contribution in [0.2, 0.25) is 0 Å². The van der Waals surface area contributed by atoms with Gasteiger partial charge in [0.05, 0.1) is 0 Å². The van der Waals surface area contributed by atoms with Crippen LogP contribution in [0.25, 0.3) is 0 Å². The minimum atomic E-state index is 0.632. The van der Waals surface area contributed by atoms with Crippen molar-refractivity contribution in [1.82, 2.24) is 0 Å². The van der Waals surface area contributed by atoms with Gasteiger partial charge in [0.1, 0.15) is 12.4 Å². The molecule has 0 heterocycles. The van der Waals surface area contributed by atoms with Crippen molar-refractivity contribution >= 4 is 22.6 Å². The number of hydrogen-bond donors (Lipinski definition) is 0. The van der Waals surface area contributed by atoms with Crippen LogP contribution < -0.4 is 4.74 Å². The first-order valence-corrected chi connectivity index (χ1v) is 11.6. The Bertz CT molecular complexity index is 593. The number of rotatable bonds is 12. The van der Waals surface area contributed by atoms with Gasteiger partial charge in [0, 0.05) is 4.43 Å². The molecule has 0 fully saturated rings. The molecule has 0 saturated heterocycles. The van der Waals surface area contributed by atoms with Crippen molar-refractivity contribution < 1.29 is 4.74 Å². The van der Waals surface area contributed by atoms with Crippen LogP contribution in [-0.2, 0) is 13.0 Å². The highest BCUT2D eigenvalue weighted by Gasteiger charge is 2.09. The summed E-state index contributed by atoms with van der Waals surface area (Å²) in [6.07, 6.45) is 7.94. The minimum absolute atomic E-state index is 0.632. The molecule has 142 valence electrons. The zero-order valence-corrected chi connectivity index (χ0v) is 18.5. The number of alkyl halides is 1. The van der Waals surface area contributed by atoms with Crippen molar-refractivity contribution in [1.29, 1.82) is 0 Å². The second kappa shape index (κ2) is 12.4. The standard InChI is InChI=1S/C24H33IO/c1-3-20(2)8-7-11-22(18-25)13-12-21-14-16-24(17-15-21)26-19-23-9-5-4-6-10-23/h4-6,9-10,14-17,20,22H,3,7-8,11-13,18-19H2,1-2H3. The van der Waals surface area contributed by atoms with E-state index in [0.717, 1.165) is 17.6 Å². The van der Waals surface area contributed by atoms with Crippen LogP contribution in [0.1, 0.15) is 57.1 Å². The lowest BCUT2D eigenvalue weighted by molar-refractivity contribution is 0.306. The average Bonchev–Trinajstić information content (AvgIpc) is 2.70. The number of halogens is 1. The van der Waals surface area contributed by atoms with Crippen LogP contribution in [0.15, 0.2) is 54.6 Å². The molecule has 0 N–H and O–H groups in total. The molecule has 26 heavy (non-hydrogen) atoms. The number of aryl methyl sites for hydroxylation is 1. The molecule has 1 nitrogen and oxygen atoms in total. The summed E-state index contributed by atoms with van der Waals surface area (Å²) < 4.78 is 7.15. The van der Waals surface area contributed by atoms with Crippen LogP contribution in [0.5, 0.6) is 5.75 Å². The van der Waals surface area contributed by atoms with Gasteiger partial charge in [-0.3, -0.25) is 0 Å². The number of ether oxygens (including phenoxy) is 1. The molecule has 0 aliphatic carbocycles. The summed E-state index contributed by atoms with van der Waals surface area (Å²) in [5, 5.41) is 0. The molecule has 0 saturated carbocycles. The first-order valence-electron chi connectivity index (χ1n) is 10.0. The van der Waals surface area contributed by atoms with Crippen LogP contribution in [-0.4, -0.2) is 4.43 Å². The van der Waals surface area contributed by atoms with Gasteiger partial charge in [-0.15, -0.1) is 0 Å². The minimum Gasteiger partial charge on any atom is -0.489 e. The molecule has 0 bridgehead atoms. The van der Waals surface area contributed by atoms with Gasteiger partial charge in [0.15, 0.2) is 0 Å². The molecule has 0 aromatic heterocycles. The fourth-order valence-corrected chi connectivity index (χ4v) is 4.00. The zero-order chi connectivity index (χ0) is 18.6. The quantitative estimate of drug-likeness (QED) is 0.234. The lowest BCUT2D eigenvalue weighted by Gasteiger charge is -2.15. The predicted molar refractivity (Wildman–Crippen MR) is 121 cm³/mol. The van der Waals surface area contributed by atoms with E-state index in [1.54, 1.807) is 0 Å². The lowest BCUT2D eigenvalue weighted by atomic mass is 9.93. The van der Waals surface area contributed by atoms with Gasteiger partial charge in [-0.05, 0) is 54.4 Å². The molecule has 2 rings (SSSR count). The summed E-state index contributed by atoms with van der Waals surface area (Å²) >= 11 is 2.56. The summed E-state index contributed by atoms with van der Waals surface area (Å²) in [7, 11) is 0. The molecule has 0 radical (unpaired) electrons. The maximum atomic E-state index is 5.88. The van der Waals surface area contributed by atoms with Gasteiger partial charge >= 0.3 is 0 Å². The summed E-state index contributed by atoms with van der Waals surface area (Å²) in [6.45, 7) is 5.31. The van der Waals surface area contributed by atoms with Gasteiger partial charge in [-0.25, -0.2) is 0 Å². The highest BCUT2D eigenvalue weighted by Crippen LogP contribution is 2.22. The Balaban J connectivity index is 1.72. The van der Waals surface area contributed by atoms with E-state index in [4.69, 9.17) is 4.74 Å². The Labute approximate surface area is 173 Å². The van der Waals surface area contributed by atoms with Crippen LogP contribution in [0, 0.1) is 11.8 Å². The summed E-state index contributed by atoms with van der Waals surface area (Å²) in [5.74, 6) is 2.69. The molecular formula is C24H33IO. The average molecular weight is 464 g/mol. The summed E-state index contributed by atoms with van der Waals surface area (Å²) in [4.78, 5) is 0. The van der Waals surface area contributed by atoms with Crippen molar-refractivity contribution in [3.63, 3.8) is 0 Å². The summed E-state index contributed by atoms with van der Waals surface area (Å²) in [6, 6.07) is 19.0. The van der Waals surface area contributed by atoms with Crippen LogP contribution in [0.4, 0.5) is 0 Å². The first kappa shape index (κ1) is 21.3. The van der Waals surface area contributed by atoms with E-state index in [1.807, 2.05) is 18.2 Å². The lowest BCUT2D eigenvalue weighted by Crippen LogP contribution is -2.05. The highest BCUT2D eigenvalue weighted by atomic mass is 127. The SMILES string of the molecule is CCC(C)CCCC(CI)CCc1ccc(OCc2ccccc2)cc1. The molecule has 0 spiro atoms. The van der Waals surface area contributed by atoms with Crippen LogP contribution >= 0.6 is 22.6 Å².